The minimum absolute atomic E-state index is 0.0163. The van der Waals surface area contributed by atoms with E-state index in [0.717, 1.165) is 22.5 Å². The number of halogens is 1. The van der Waals surface area contributed by atoms with Crippen molar-refractivity contribution in [2.75, 3.05) is 24.2 Å². The summed E-state index contributed by atoms with van der Waals surface area (Å²) in [7, 11) is -2.22. The summed E-state index contributed by atoms with van der Waals surface area (Å²) < 4.78 is 45.3. The number of amides is 2. The molecule has 0 spiro atoms. The molecule has 1 N–H and O–H groups in total. The molecule has 0 heterocycles. The standard InChI is InChI=1S/C27H38FN3O5S/c1-6-20(3)29-27(33)24(7-2)30(19-21-12-10-13-22(18-21)36-4)26(32)16-11-17-31(37(5,34)35)25-15-9-8-14-23(25)28/h8-10,12-15,18,20,24H,6-7,11,16-17,19H2,1-5H3,(H,29,33)/t20-,24-/m1/s1. The number of carbonyl (C=O) groups is 2. The molecule has 2 aromatic carbocycles. The van der Waals surface area contributed by atoms with Gasteiger partial charge in [-0.1, -0.05) is 38.1 Å². The van der Waals surface area contributed by atoms with Crippen molar-refractivity contribution in [3.05, 3.63) is 59.9 Å². The third kappa shape index (κ3) is 8.73. The lowest BCUT2D eigenvalue weighted by atomic mass is 10.1. The number of nitrogens with one attached hydrogen (secondary N) is 1. The van der Waals surface area contributed by atoms with Crippen LogP contribution in [0.5, 0.6) is 5.75 Å². The smallest absolute Gasteiger partial charge is 0.243 e. The maximum absolute atomic E-state index is 14.3. The Labute approximate surface area is 219 Å². The molecule has 0 aromatic heterocycles. The molecule has 0 aliphatic heterocycles. The summed E-state index contributed by atoms with van der Waals surface area (Å²) in [6.45, 7) is 5.83. The van der Waals surface area contributed by atoms with Gasteiger partial charge in [0.15, 0.2) is 0 Å². The molecule has 0 radical (unpaired) electrons. The van der Waals surface area contributed by atoms with Crippen molar-refractivity contribution < 1.29 is 27.1 Å². The molecule has 8 nitrogen and oxygen atoms in total. The number of ether oxygens (including phenoxy) is 1. The number of anilines is 1. The third-order valence-electron chi connectivity index (χ3n) is 6.15. The number of methoxy groups -OCH3 is 1. The molecular weight excluding hydrogens is 497 g/mol. The topological polar surface area (TPSA) is 96.0 Å². The molecule has 0 saturated heterocycles. The normalized spacial score (nSPS) is 12.9. The van der Waals surface area contributed by atoms with Crippen LogP contribution in [0, 0.1) is 5.82 Å². The number of hydrogen-bond acceptors (Lipinski definition) is 5. The van der Waals surface area contributed by atoms with Gasteiger partial charge >= 0.3 is 0 Å². The zero-order chi connectivity index (χ0) is 27.6. The molecule has 0 fully saturated rings. The summed E-state index contributed by atoms with van der Waals surface area (Å²) in [5.74, 6) is -0.560. The van der Waals surface area contributed by atoms with E-state index in [4.69, 9.17) is 4.74 Å². The van der Waals surface area contributed by atoms with Crippen LogP contribution in [0.2, 0.25) is 0 Å². The highest BCUT2D eigenvalue weighted by Gasteiger charge is 2.29. The van der Waals surface area contributed by atoms with Crippen LogP contribution >= 0.6 is 0 Å². The van der Waals surface area contributed by atoms with Crippen molar-refractivity contribution in [3.63, 3.8) is 0 Å². The molecule has 204 valence electrons. The van der Waals surface area contributed by atoms with Gasteiger partial charge in [-0.15, -0.1) is 0 Å². The summed E-state index contributed by atoms with van der Waals surface area (Å²) >= 11 is 0. The van der Waals surface area contributed by atoms with Crippen molar-refractivity contribution >= 4 is 27.5 Å². The average Bonchev–Trinajstić information content (AvgIpc) is 2.86. The summed E-state index contributed by atoms with van der Waals surface area (Å²) in [6.07, 6.45) is 2.30. The van der Waals surface area contributed by atoms with E-state index in [1.54, 1.807) is 19.2 Å². The van der Waals surface area contributed by atoms with Gasteiger partial charge in [0.25, 0.3) is 0 Å². The lowest BCUT2D eigenvalue weighted by Crippen LogP contribution is -2.50. The first-order valence-electron chi connectivity index (χ1n) is 12.5. The molecule has 2 atom stereocenters. The average molecular weight is 536 g/mol. The van der Waals surface area contributed by atoms with Gasteiger partial charge in [0.1, 0.15) is 17.6 Å². The molecule has 0 bridgehead atoms. The second-order valence-electron chi connectivity index (χ2n) is 9.01. The molecule has 10 heteroatoms. The number of para-hydroxylation sites is 1. The minimum atomic E-state index is -3.78. The van der Waals surface area contributed by atoms with Gasteiger partial charge < -0.3 is 15.0 Å². The Morgan fingerprint density at radius 3 is 2.38 bits per heavy atom. The monoisotopic (exact) mass is 535 g/mol. The van der Waals surface area contributed by atoms with Crippen LogP contribution in [0.25, 0.3) is 0 Å². The van der Waals surface area contributed by atoms with Crippen LogP contribution in [0.15, 0.2) is 48.5 Å². The van der Waals surface area contributed by atoms with Gasteiger partial charge in [-0.2, -0.15) is 0 Å². The van der Waals surface area contributed by atoms with Crippen LogP contribution in [-0.2, 0) is 26.2 Å². The molecule has 0 aliphatic carbocycles. The predicted octanol–water partition coefficient (Wildman–Crippen LogP) is 4.10. The highest BCUT2D eigenvalue weighted by atomic mass is 32.2. The summed E-state index contributed by atoms with van der Waals surface area (Å²) in [5, 5.41) is 2.96. The van der Waals surface area contributed by atoms with Crippen molar-refractivity contribution in [2.45, 2.75) is 65.1 Å². The Morgan fingerprint density at radius 1 is 1.08 bits per heavy atom. The SMILES string of the molecule is CC[C@@H](C)NC(=O)[C@@H](CC)N(Cc1cccc(OC)c1)C(=O)CCCN(c1ccccc1F)S(C)(=O)=O. The summed E-state index contributed by atoms with van der Waals surface area (Å²) in [5.41, 5.74) is 0.733. The Morgan fingerprint density at radius 2 is 1.78 bits per heavy atom. The molecule has 0 saturated carbocycles. The van der Waals surface area contributed by atoms with Gasteiger partial charge in [-0.3, -0.25) is 13.9 Å². The van der Waals surface area contributed by atoms with E-state index in [-0.39, 0.29) is 49.5 Å². The fourth-order valence-corrected chi connectivity index (χ4v) is 4.93. The molecular formula is C27H38FN3O5S. The van der Waals surface area contributed by atoms with Crippen LogP contribution < -0.4 is 14.4 Å². The summed E-state index contributed by atoms with van der Waals surface area (Å²) in [6, 6.07) is 12.1. The Hall–Kier alpha value is -3.14. The molecule has 2 aromatic rings. The van der Waals surface area contributed by atoms with Crippen molar-refractivity contribution in [1.82, 2.24) is 10.2 Å². The number of rotatable bonds is 14. The number of nitrogens with zero attached hydrogens (tertiary/aromatic N) is 2. The number of sulfonamides is 1. The van der Waals surface area contributed by atoms with Crippen molar-refractivity contribution in [3.8, 4) is 5.75 Å². The third-order valence-corrected chi connectivity index (χ3v) is 7.33. The lowest BCUT2D eigenvalue weighted by Gasteiger charge is -2.32. The second kappa shape index (κ2) is 14.0. The van der Waals surface area contributed by atoms with Gasteiger partial charge in [0.2, 0.25) is 21.8 Å². The first-order chi connectivity index (χ1) is 17.5. The number of carbonyl (C=O) groups excluding carboxylic acids is 2. The van der Waals surface area contributed by atoms with Gasteiger partial charge in [-0.05, 0) is 56.0 Å². The predicted molar refractivity (Wildman–Crippen MR) is 143 cm³/mol. The maximum Gasteiger partial charge on any atom is 0.243 e. The number of hydrogen-bond donors (Lipinski definition) is 1. The molecule has 37 heavy (non-hydrogen) atoms. The van der Waals surface area contributed by atoms with E-state index in [1.165, 1.54) is 23.1 Å². The minimum Gasteiger partial charge on any atom is -0.497 e. The van der Waals surface area contributed by atoms with Crippen LogP contribution in [0.1, 0.15) is 52.0 Å². The van der Waals surface area contributed by atoms with Crippen LogP contribution in [0.4, 0.5) is 10.1 Å². The van der Waals surface area contributed by atoms with E-state index in [1.807, 2.05) is 39.0 Å². The largest absolute Gasteiger partial charge is 0.497 e. The van der Waals surface area contributed by atoms with Crippen molar-refractivity contribution in [1.29, 1.82) is 0 Å². The zero-order valence-corrected chi connectivity index (χ0v) is 23.1. The zero-order valence-electron chi connectivity index (χ0n) is 22.2. The first-order valence-corrected chi connectivity index (χ1v) is 14.3. The highest BCUT2D eigenvalue weighted by molar-refractivity contribution is 7.92. The molecule has 0 unspecified atom stereocenters. The molecule has 2 rings (SSSR count). The van der Waals surface area contributed by atoms with E-state index < -0.39 is 21.9 Å². The second-order valence-corrected chi connectivity index (χ2v) is 10.9. The Bertz CT molecular complexity index is 1160. The molecule has 2 amide bonds. The van der Waals surface area contributed by atoms with Gasteiger partial charge in [-0.25, -0.2) is 12.8 Å². The van der Waals surface area contributed by atoms with E-state index >= 15 is 0 Å². The van der Waals surface area contributed by atoms with Crippen LogP contribution in [0.3, 0.4) is 0 Å². The fourth-order valence-electron chi connectivity index (χ4n) is 3.96. The Kier molecular flexibility index (Phi) is 11.4. The quantitative estimate of drug-likeness (QED) is 0.393. The fraction of sp³-hybridized carbons (Fsp3) is 0.481. The number of benzene rings is 2. The first kappa shape index (κ1) is 30.1. The lowest BCUT2D eigenvalue weighted by molar-refractivity contribution is -0.141. The van der Waals surface area contributed by atoms with Crippen molar-refractivity contribution in [2.24, 2.45) is 0 Å². The summed E-state index contributed by atoms with van der Waals surface area (Å²) in [4.78, 5) is 28.1. The Balaban J connectivity index is 2.26. The highest BCUT2D eigenvalue weighted by Crippen LogP contribution is 2.23. The molecule has 0 aliphatic rings. The van der Waals surface area contributed by atoms with E-state index in [2.05, 4.69) is 5.32 Å². The maximum atomic E-state index is 14.3. The van der Waals surface area contributed by atoms with Gasteiger partial charge in [0.05, 0.1) is 19.1 Å². The van der Waals surface area contributed by atoms with Crippen LogP contribution in [-0.4, -0.2) is 57.1 Å². The van der Waals surface area contributed by atoms with Gasteiger partial charge in [0, 0.05) is 25.6 Å². The van der Waals surface area contributed by atoms with E-state index in [9.17, 15) is 22.4 Å². The van der Waals surface area contributed by atoms with E-state index in [0.29, 0.717) is 12.2 Å².